The third-order valence-corrected chi connectivity index (χ3v) is 5.50. The lowest BCUT2D eigenvalue weighted by atomic mass is 10.1. The number of likely N-dealkylation sites (tertiary alicyclic amines) is 1. The van der Waals surface area contributed by atoms with Gasteiger partial charge < -0.3 is 10.2 Å². The van der Waals surface area contributed by atoms with Gasteiger partial charge in [0.15, 0.2) is 0 Å². The zero-order valence-corrected chi connectivity index (χ0v) is 15.4. The molecule has 2 aliphatic heterocycles. The number of nitrogens with zero attached hydrogens (tertiary/aromatic N) is 2. The van der Waals surface area contributed by atoms with Crippen LogP contribution >= 0.6 is 0 Å². The molecule has 2 aromatic carbocycles. The fourth-order valence-electron chi connectivity index (χ4n) is 4.10. The average molecular weight is 363 g/mol. The molecule has 0 aromatic heterocycles. The molecule has 0 spiro atoms. The fraction of sp³-hybridized carbons (Fsp3) is 0.364. The summed E-state index contributed by atoms with van der Waals surface area (Å²) in [5.74, 6) is -0.0785. The Hall–Kier alpha value is -2.66. The Kier molecular flexibility index (Phi) is 5.21. The van der Waals surface area contributed by atoms with Gasteiger partial charge in [-0.2, -0.15) is 0 Å². The summed E-state index contributed by atoms with van der Waals surface area (Å²) in [5, 5.41) is 2.88. The predicted octanol–water partition coefficient (Wildman–Crippen LogP) is 2.36. The first kappa shape index (κ1) is 17.7. The van der Waals surface area contributed by atoms with Crippen molar-refractivity contribution in [2.24, 2.45) is 0 Å². The van der Waals surface area contributed by atoms with Crippen LogP contribution in [0.1, 0.15) is 24.0 Å². The SMILES string of the molecule is O=C(NCC(=O)N1CCc2ccccc21)C1CCCN1Cc1ccccc1. The molecule has 0 saturated carbocycles. The maximum atomic E-state index is 12.7. The maximum Gasteiger partial charge on any atom is 0.246 e. The van der Waals surface area contributed by atoms with E-state index >= 15 is 0 Å². The van der Waals surface area contributed by atoms with Gasteiger partial charge in [0.25, 0.3) is 0 Å². The van der Waals surface area contributed by atoms with Crippen LogP contribution in [-0.2, 0) is 22.6 Å². The van der Waals surface area contributed by atoms with Crippen LogP contribution in [0, 0.1) is 0 Å². The van der Waals surface area contributed by atoms with E-state index in [0.29, 0.717) is 6.54 Å². The molecule has 0 aliphatic carbocycles. The van der Waals surface area contributed by atoms with Crippen LogP contribution in [0.25, 0.3) is 0 Å². The van der Waals surface area contributed by atoms with Crippen molar-refractivity contribution in [2.75, 3.05) is 24.5 Å². The van der Waals surface area contributed by atoms with Gasteiger partial charge >= 0.3 is 0 Å². The number of fused-ring (bicyclic) bond motifs is 1. The van der Waals surface area contributed by atoms with Crippen molar-refractivity contribution in [3.05, 3.63) is 65.7 Å². The van der Waals surface area contributed by atoms with E-state index in [4.69, 9.17) is 0 Å². The zero-order valence-electron chi connectivity index (χ0n) is 15.4. The Morgan fingerprint density at radius 2 is 1.78 bits per heavy atom. The van der Waals surface area contributed by atoms with Crippen LogP contribution in [-0.4, -0.2) is 42.4 Å². The van der Waals surface area contributed by atoms with Crippen LogP contribution < -0.4 is 10.2 Å². The highest BCUT2D eigenvalue weighted by atomic mass is 16.2. The number of carbonyl (C=O) groups is 2. The minimum absolute atomic E-state index is 0.0377. The lowest BCUT2D eigenvalue weighted by Gasteiger charge is -2.24. The monoisotopic (exact) mass is 363 g/mol. The van der Waals surface area contributed by atoms with Crippen molar-refractivity contribution < 1.29 is 9.59 Å². The van der Waals surface area contributed by atoms with Gasteiger partial charge in [-0.3, -0.25) is 14.5 Å². The molecule has 0 bridgehead atoms. The minimum atomic E-state index is -0.149. The van der Waals surface area contributed by atoms with E-state index in [9.17, 15) is 9.59 Å². The molecule has 1 N–H and O–H groups in total. The summed E-state index contributed by atoms with van der Waals surface area (Å²) in [7, 11) is 0. The van der Waals surface area contributed by atoms with E-state index in [1.807, 2.05) is 36.4 Å². The normalized spacial score (nSPS) is 19.1. The Labute approximate surface area is 160 Å². The van der Waals surface area contributed by atoms with Crippen molar-refractivity contribution in [3.63, 3.8) is 0 Å². The molecule has 27 heavy (non-hydrogen) atoms. The van der Waals surface area contributed by atoms with Gasteiger partial charge in [-0.05, 0) is 43.0 Å². The number of amides is 2. The summed E-state index contributed by atoms with van der Waals surface area (Å²) in [6.45, 7) is 2.44. The first-order chi connectivity index (χ1) is 13.2. The summed E-state index contributed by atoms with van der Waals surface area (Å²) in [6, 6.07) is 18.0. The molecule has 0 radical (unpaired) electrons. The van der Waals surface area contributed by atoms with E-state index in [2.05, 4.69) is 28.4 Å². The lowest BCUT2D eigenvalue weighted by molar-refractivity contribution is -0.128. The Morgan fingerprint density at radius 1 is 1.00 bits per heavy atom. The van der Waals surface area contributed by atoms with Gasteiger partial charge in [0.1, 0.15) is 0 Å². The summed E-state index contributed by atoms with van der Waals surface area (Å²) in [5.41, 5.74) is 3.38. The number of rotatable bonds is 5. The predicted molar refractivity (Wildman–Crippen MR) is 105 cm³/mol. The van der Waals surface area contributed by atoms with Gasteiger partial charge in [-0.25, -0.2) is 0 Å². The molecule has 2 aliphatic rings. The number of benzene rings is 2. The third-order valence-electron chi connectivity index (χ3n) is 5.50. The second-order valence-electron chi connectivity index (χ2n) is 7.26. The molecule has 4 rings (SSSR count). The average Bonchev–Trinajstić information content (AvgIpc) is 3.33. The maximum absolute atomic E-state index is 12.7. The van der Waals surface area contributed by atoms with Crippen LogP contribution in [0.3, 0.4) is 0 Å². The van der Waals surface area contributed by atoms with Crippen LogP contribution in [0.15, 0.2) is 54.6 Å². The number of hydrogen-bond donors (Lipinski definition) is 1. The Morgan fingerprint density at radius 3 is 2.63 bits per heavy atom. The topological polar surface area (TPSA) is 52.7 Å². The van der Waals surface area contributed by atoms with E-state index in [1.54, 1.807) is 4.90 Å². The molecule has 5 nitrogen and oxygen atoms in total. The van der Waals surface area contributed by atoms with E-state index in [0.717, 1.165) is 38.0 Å². The number of hydrogen-bond acceptors (Lipinski definition) is 3. The van der Waals surface area contributed by atoms with Crippen molar-refractivity contribution in [2.45, 2.75) is 31.8 Å². The highest BCUT2D eigenvalue weighted by molar-refractivity contribution is 5.98. The van der Waals surface area contributed by atoms with Crippen molar-refractivity contribution in [1.82, 2.24) is 10.2 Å². The van der Waals surface area contributed by atoms with E-state index in [-0.39, 0.29) is 24.4 Å². The third kappa shape index (κ3) is 3.88. The molecular weight excluding hydrogens is 338 g/mol. The van der Waals surface area contributed by atoms with Gasteiger partial charge in [0.2, 0.25) is 11.8 Å². The first-order valence-electron chi connectivity index (χ1n) is 9.66. The second kappa shape index (κ2) is 7.92. The van der Waals surface area contributed by atoms with Crippen molar-refractivity contribution >= 4 is 17.5 Å². The molecule has 5 heteroatoms. The largest absolute Gasteiger partial charge is 0.346 e. The van der Waals surface area contributed by atoms with Crippen LogP contribution in [0.2, 0.25) is 0 Å². The molecule has 140 valence electrons. The van der Waals surface area contributed by atoms with Crippen molar-refractivity contribution in [3.8, 4) is 0 Å². The smallest absolute Gasteiger partial charge is 0.246 e. The van der Waals surface area contributed by atoms with Gasteiger partial charge in [0.05, 0.1) is 12.6 Å². The zero-order chi connectivity index (χ0) is 18.6. The molecule has 1 fully saturated rings. The number of carbonyl (C=O) groups excluding carboxylic acids is 2. The van der Waals surface area contributed by atoms with Crippen molar-refractivity contribution in [1.29, 1.82) is 0 Å². The molecule has 1 saturated heterocycles. The second-order valence-corrected chi connectivity index (χ2v) is 7.26. The van der Waals surface area contributed by atoms with Gasteiger partial charge in [0, 0.05) is 18.8 Å². The molecule has 2 aromatic rings. The Balaban J connectivity index is 1.33. The number of nitrogens with one attached hydrogen (secondary N) is 1. The molecule has 2 amide bonds. The molecular formula is C22H25N3O2. The highest BCUT2D eigenvalue weighted by Gasteiger charge is 2.31. The van der Waals surface area contributed by atoms with Crippen LogP contribution in [0.5, 0.6) is 0 Å². The van der Waals surface area contributed by atoms with E-state index < -0.39 is 0 Å². The van der Waals surface area contributed by atoms with E-state index in [1.165, 1.54) is 11.1 Å². The van der Waals surface area contributed by atoms with Gasteiger partial charge in [-0.15, -0.1) is 0 Å². The lowest BCUT2D eigenvalue weighted by Crippen LogP contribution is -2.46. The van der Waals surface area contributed by atoms with Crippen LogP contribution in [0.4, 0.5) is 5.69 Å². The fourth-order valence-corrected chi connectivity index (χ4v) is 4.10. The minimum Gasteiger partial charge on any atom is -0.346 e. The molecule has 2 heterocycles. The Bertz CT molecular complexity index is 821. The number of para-hydroxylation sites is 1. The number of anilines is 1. The quantitative estimate of drug-likeness (QED) is 0.887. The first-order valence-corrected chi connectivity index (χ1v) is 9.66. The molecule has 1 unspecified atom stereocenters. The molecule has 1 atom stereocenters. The summed E-state index contributed by atoms with van der Waals surface area (Å²) in [4.78, 5) is 29.3. The van der Waals surface area contributed by atoms with Gasteiger partial charge in [-0.1, -0.05) is 48.5 Å². The highest BCUT2D eigenvalue weighted by Crippen LogP contribution is 2.27. The summed E-state index contributed by atoms with van der Waals surface area (Å²) < 4.78 is 0. The summed E-state index contributed by atoms with van der Waals surface area (Å²) >= 11 is 0. The standard InChI is InChI=1S/C22H25N3O2/c26-21(25-14-12-18-9-4-5-10-19(18)25)15-23-22(27)20-11-6-13-24(20)16-17-7-2-1-3-8-17/h1-5,7-10,20H,6,11-16H2,(H,23,27). The summed E-state index contributed by atoms with van der Waals surface area (Å²) in [6.07, 6.45) is 2.74.